The lowest BCUT2D eigenvalue weighted by Gasteiger charge is -2.49. The number of fused-ring (bicyclic) bond motifs is 3. The summed E-state index contributed by atoms with van der Waals surface area (Å²) in [5, 5.41) is 0. The molecule has 0 aromatic heterocycles. The summed E-state index contributed by atoms with van der Waals surface area (Å²) in [6.07, 6.45) is 0.967. The van der Waals surface area contributed by atoms with Crippen molar-refractivity contribution in [3.8, 4) is 0 Å². The summed E-state index contributed by atoms with van der Waals surface area (Å²) < 4.78 is 0. The van der Waals surface area contributed by atoms with Gasteiger partial charge in [0.2, 0.25) is 0 Å². The van der Waals surface area contributed by atoms with Gasteiger partial charge in [0.25, 0.3) is 0 Å². The molecule has 3 heteroatoms. The van der Waals surface area contributed by atoms with Crippen LogP contribution in [0.2, 0.25) is 0 Å². The Labute approximate surface area is 86.5 Å². The van der Waals surface area contributed by atoms with Crippen molar-refractivity contribution >= 4 is 0 Å². The lowest BCUT2D eigenvalue weighted by molar-refractivity contribution is 0.00261. The summed E-state index contributed by atoms with van der Waals surface area (Å²) in [5.74, 6) is 0. The maximum Gasteiger partial charge on any atom is 0.0378 e. The van der Waals surface area contributed by atoms with Gasteiger partial charge in [-0.25, -0.2) is 0 Å². The Hall–Kier alpha value is -0.380. The van der Waals surface area contributed by atoms with Gasteiger partial charge in [-0.1, -0.05) is 5.57 Å². The fourth-order valence-corrected chi connectivity index (χ4v) is 2.60. The fraction of sp³-hybridized carbons (Fsp3) is 0.818. The lowest BCUT2D eigenvalue weighted by atomic mass is 9.96. The van der Waals surface area contributed by atoms with E-state index in [0.29, 0.717) is 6.04 Å². The van der Waals surface area contributed by atoms with Crippen molar-refractivity contribution < 1.29 is 0 Å². The van der Waals surface area contributed by atoms with Crippen LogP contribution >= 0.6 is 0 Å². The van der Waals surface area contributed by atoms with Crippen LogP contribution in [0.1, 0.15) is 13.3 Å². The van der Waals surface area contributed by atoms with Crippen LogP contribution < -0.4 is 5.73 Å². The second kappa shape index (κ2) is 4.01. The molecule has 3 saturated heterocycles. The van der Waals surface area contributed by atoms with Crippen LogP contribution in [0.25, 0.3) is 0 Å². The normalized spacial score (nSPS) is 38.3. The number of nitrogens with two attached hydrogens (primary N) is 1. The van der Waals surface area contributed by atoms with E-state index in [1.54, 1.807) is 0 Å². The van der Waals surface area contributed by atoms with Crippen LogP contribution in [-0.2, 0) is 0 Å². The SMILES string of the molecule is C=C(C)CC(N)C1CN2CCN1CC2. The highest BCUT2D eigenvalue weighted by Gasteiger charge is 2.34. The molecule has 3 aliphatic rings. The standard InChI is InChI=1S/C11H21N3/c1-9(2)7-10(12)11-8-13-3-5-14(11)6-4-13/h10-11H,1,3-8,12H2,2H3. The van der Waals surface area contributed by atoms with Gasteiger partial charge >= 0.3 is 0 Å². The summed E-state index contributed by atoms with van der Waals surface area (Å²) in [7, 11) is 0. The smallest absolute Gasteiger partial charge is 0.0378 e. The number of piperazine rings is 3. The van der Waals surface area contributed by atoms with Gasteiger partial charge in [-0.3, -0.25) is 9.80 Å². The maximum absolute atomic E-state index is 6.21. The minimum atomic E-state index is 0.274. The Kier molecular flexibility index (Phi) is 2.91. The van der Waals surface area contributed by atoms with Crippen LogP contribution in [0.5, 0.6) is 0 Å². The average molecular weight is 195 g/mol. The molecular formula is C11H21N3. The molecule has 0 amide bonds. The predicted octanol–water partition coefficient (Wildman–Crippen LogP) is 0.280. The zero-order chi connectivity index (χ0) is 10.1. The van der Waals surface area contributed by atoms with Crippen molar-refractivity contribution in [2.75, 3.05) is 32.7 Å². The molecule has 80 valence electrons. The quantitative estimate of drug-likeness (QED) is 0.657. The molecule has 0 aromatic carbocycles. The molecule has 2 N–H and O–H groups in total. The van der Waals surface area contributed by atoms with Crippen molar-refractivity contribution in [1.82, 2.24) is 9.80 Å². The van der Waals surface area contributed by atoms with E-state index < -0.39 is 0 Å². The molecule has 3 heterocycles. The van der Waals surface area contributed by atoms with Crippen LogP contribution in [0, 0.1) is 0 Å². The van der Waals surface area contributed by atoms with E-state index in [2.05, 4.69) is 23.3 Å². The number of hydrogen-bond acceptors (Lipinski definition) is 3. The van der Waals surface area contributed by atoms with Crippen molar-refractivity contribution in [2.24, 2.45) is 5.73 Å². The molecule has 3 fully saturated rings. The summed E-state index contributed by atoms with van der Waals surface area (Å²) >= 11 is 0. The van der Waals surface area contributed by atoms with Crippen LogP contribution in [0.4, 0.5) is 0 Å². The molecule has 3 nitrogen and oxygen atoms in total. The third kappa shape index (κ3) is 2.00. The Balaban J connectivity index is 1.94. The highest BCUT2D eigenvalue weighted by atomic mass is 15.3. The first kappa shape index (κ1) is 10.1. The molecule has 2 unspecified atom stereocenters. The van der Waals surface area contributed by atoms with E-state index in [1.807, 2.05) is 0 Å². The Morgan fingerprint density at radius 3 is 2.50 bits per heavy atom. The zero-order valence-corrected chi connectivity index (χ0v) is 9.08. The first-order chi connectivity index (χ1) is 6.66. The minimum absolute atomic E-state index is 0.274. The highest BCUT2D eigenvalue weighted by Crippen LogP contribution is 2.19. The molecular weight excluding hydrogens is 174 g/mol. The van der Waals surface area contributed by atoms with Gasteiger partial charge in [-0.2, -0.15) is 0 Å². The van der Waals surface area contributed by atoms with Crippen molar-refractivity contribution in [2.45, 2.75) is 25.4 Å². The minimum Gasteiger partial charge on any atom is -0.326 e. The number of nitrogens with zero attached hydrogens (tertiary/aromatic N) is 2. The zero-order valence-electron chi connectivity index (χ0n) is 9.08. The third-order valence-electron chi connectivity index (χ3n) is 3.40. The summed E-state index contributed by atoms with van der Waals surface area (Å²) in [5.41, 5.74) is 7.41. The molecule has 0 aromatic rings. The van der Waals surface area contributed by atoms with E-state index in [9.17, 15) is 0 Å². The number of hydrogen-bond donors (Lipinski definition) is 1. The van der Waals surface area contributed by atoms with E-state index >= 15 is 0 Å². The van der Waals surface area contributed by atoms with Gasteiger partial charge in [0, 0.05) is 44.8 Å². The van der Waals surface area contributed by atoms with Gasteiger partial charge in [0.05, 0.1) is 0 Å². The van der Waals surface area contributed by atoms with Crippen LogP contribution in [-0.4, -0.2) is 54.6 Å². The van der Waals surface area contributed by atoms with Gasteiger partial charge in [-0.15, -0.1) is 6.58 Å². The van der Waals surface area contributed by atoms with E-state index in [0.717, 1.165) is 13.0 Å². The number of rotatable bonds is 3. The summed E-state index contributed by atoms with van der Waals surface area (Å²) in [6, 6.07) is 0.838. The first-order valence-corrected chi connectivity index (χ1v) is 5.53. The van der Waals surface area contributed by atoms with E-state index in [1.165, 1.54) is 31.8 Å². The topological polar surface area (TPSA) is 32.5 Å². The molecule has 3 rings (SSSR count). The van der Waals surface area contributed by atoms with Crippen LogP contribution in [0.3, 0.4) is 0 Å². The van der Waals surface area contributed by atoms with E-state index in [-0.39, 0.29) is 6.04 Å². The Morgan fingerprint density at radius 2 is 2.07 bits per heavy atom. The van der Waals surface area contributed by atoms with Gasteiger partial charge in [0.15, 0.2) is 0 Å². The Bertz CT molecular complexity index is 219. The maximum atomic E-state index is 6.21. The van der Waals surface area contributed by atoms with Crippen LogP contribution in [0.15, 0.2) is 12.2 Å². The second-order valence-electron chi connectivity index (χ2n) is 4.73. The van der Waals surface area contributed by atoms with Gasteiger partial charge in [0.1, 0.15) is 0 Å². The summed E-state index contributed by atoms with van der Waals surface area (Å²) in [6.45, 7) is 12.0. The molecule has 0 radical (unpaired) electrons. The van der Waals surface area contributed by atoms with Crippen molar-refractivity contribution in [3.05, 3.63) is 12.2 Å². The monoisotopic (exact) mass is 195 g/mol. The van der Waals surface area contributed by atoms with Gasteiger partial charge < -0.3 is 5.73 Å². The van der Waals surface area contributed by atoms with E-state index in [4.69, 9.17) is 5.73 Å². The predicted molar refractivity (Wildman–Crippen MR) is 59.2 cm³/mol. The Morgan fingerprint density at radius 1 is 1.43 bits per heavy atom. The fourth-order valence-electron chi connectivity index (χ4n) is 2.60. The molecule has 0 aliphatic carbocycles. The summed E-state index contributed by atoms with van der Waals surface area (Å²) in [4.78, 5) is 5.08. The van der Waals surface area contributed by atoms with Crippen molar-refractivity contribution in [3.63, 3.8) is 0 Å². The molecule has 2 atom stereocenters. The molecule has 0 saturated carbocycles. The molecule has 14 heavy (non-hydrogen) atoms. The average Bonchev–Trinajstić information content (AvgIpc) is 2.18. The molecule has 3 aliphatic heterocycles. The molecule has 2 bridgehead atoms. The molecule has 0 spiro atoms. The first-order valence-electron chi connectivity index (χ1n) is 5.53. The third-order valence-corrected chi connectivity index (χ3v) is 3.40. The highest BCUT2D eigenvalue weighted by molar-refractivity contribution is 5.00. The van der Waals surface area contributed by atoms with Gasteiger partial charge in [-0.05, 0) is 13.3 Å². The second-order valence-corrected chi connectivity index (χ2v) is 4.73. The lowest BCUT2D eigenvalue weighted by Crippen LogP contribution is -2.65. The largest absolute Gasteiger partial charge is 0.326 e. The van der Waals surface area contributed by atoms with Crippen molar-refractivity contribution in [1.29, 1.82) is 0 Å².